The predicted molar refractivity (Wildman–Crippen MR) is 70.5 cm³/mol. The molecular weight excluding hydrogens is 210 g/mol. The molecule has 1 aromatic rings. The fourth-order valence-corrected chi connectivity index (χ4v) is 2.94. The summed E-state index contributed by atoms with van der Waals surface area (Å²) >= 11 is 0. The first-order valence-electron chi connectivity index (χ1n) is 6.60. The van der Waals surface area contributed by atoms with Crippen LogP contribution in [-0.2, 0) is 6.54 Å². The molecule has 2 N–H and O–H groups in total. The number of hydrogen-bond acceptors (Lipinski definition) is 3. The van der Waals surface area contributed by atoms with Crippen molar-refractivity contribution in [2.24, 2.45) is 11.7 Å². The molecule has 1 heterocycles. The molecule has 1 aromatic heterocycles. The summed E-state index contributed by atoms with van der Waals surface area (Å²) in [6.07, 6.45) is 9.02. The van der Waals surface area contributed by atoms with Crippen LogP contribution in [-0.4, -0.2) is 29.5 Å². The van der Waals surface area contributed by atoms with E-state index in [0.717, 1.165) is 13.1 Å². The SMILES string of the molecule is CN(Cc1ccncc1)C1CCCCC1CN. The van der Waals surface area contributed by atoms with E-state index in [-0.39, 0.29) is 0 Å². The van der Waals surface area contributed by atoms with Crippen LogP contribution < -0.4 is 5.73 Å². The number of aromatic nitrogens is 1. The highest BCUT2D eigenvalue weighted by atomic mass is 15.1. The Kier molecular flexibility index (Phi) is 4.51. The minimum atomic E-state index is 0.655. The van der Waals surface area contributed by atoms with Crippen molar-refractivity contribution in [1.29, 1.82) is 0 Å². The van der Waals surface area contributed by atoms with Crippen molar-refractivity contribution < 1.29 is 0 Å². The molecule has 0 saturated heterocycles. The second-order valence-electron chi connectivity index (χ2n) is 5.12. The molecule has 2 atom stereocenters. The van der Waals surface area contributed by atoms with Gasteiger partial charge < -0.3 is 5.73 Å². The quantitative estimate of drug-likeness (QED) is 0.865. The summed E-state index contributed by atoms with van der Waals surface area (Å²) in [7, 11) is 2.22. The summed E-state index contributed by atoms with van der Waals surface area (Å²) in [5.74, 6) is 0.676. The number of nitrogens with two attached hydrogens (primary N) is 1. The summed E-state index contributed by atoms with van der Waals surface area (Å²) in [6.45, 7) is 1.83. The van der Waals surface area contributed by atoms with Gasteiger partial charge in [0.1, 0.15) is 0 Å². The van der Waals surface area contributed by atoms with E-state index in [9.17, 15) is 0 Å². The summed E-state index contributed by atoms with van der Waals surface area (Å²) < 4.78 is 0. The lowest BCUT2D eigenvalue weighted by Crippen LogP contribution is -2.42. The molecule has 0 radical (unpaired) electrons. The molecule has 0 bridgehead atoms. The number of rotatable bonds is 4. The van der Waals surface area contributed by atoms with E-state index in [4.69, 9.17) is 5.73 Å². The third-order valence-electron chi connectivity index (χ3n) is 3.92. The van der Waals surface area contributed by atoms with Crippen molar-refractivity contribution in [1.82, 2.24) is 9.88 Å². The van der Waals surface area contributed by atoms with E-state index in [1.54, 1.807) is 0 Å². The van der Waals surface area contributed by atoms with Crippen LogP contribution in [0.15, 0.2) is 24.5 Å². The molecule has 0 amide bonds. The van der Waals surface area contributed by atoms with Gasteiger partial charge in [-0.05, 0) is 50.0 Å². The predicted octanol–water partition coefficient (Wildman–Crippen LogP) is 2.03. The first-order valence-corrected chi connectivity index (χ1v) is 6.60. The number of hydrogen-bond donors (Lipinski definition) is 1. The second kappa shape index (κ2) is 6.12. The smallest absolute Gasteiger partial charge is 0.0271 e. The molecule has 1 saturated carbocycles. The molecule has 1 aliphatic carbocycles. The average Bonchev–Trinajstić information content (AvgIpc) is 2.40. The molecule has 94 valence electrons. The Morgan fingerprint density at radius 3 is 2.71 bits per heavy atom. The fourth-order valence-electron chi connectivity index (χ4n) is 2.94. The maximum Gasteiger partial charge on any atom is 0.0271 e. The highest BCUT2D eigenvalue weighted by Crippen LogP contribution is 2.27. The van der Waals surface area contributed by atoms with E-state index in [1.807, 2.05) is 12.4 Å². The zero-order chi connectivity index (χ0) is 12.1. The van der Waals surface area contributed by atoms with Crippen molar-refractivity contribution in [3.8, 4) is 0 Å². The van der Waals surface area contributed by atoms with Crippen molar-refractivity contribution in [3.05, 3.63) is 30.1 Å². The Bertz CT molecular complexity index is 325. The fraction of sp³-hybridized carbons (Fsp3) is 0.643. The van der Waals surface area contributed by atoms with Gasteiger partial charge in [0.25, 0.3) is 0 Å². The van der Waals surface area contributed by atoms with Crippen LogP contribution in [0.4, 0.5) is 0 Å². The molecule has 17 heavy (non-hydrogen) atoms. The zero-order valence-corrected chi connectivity index (χ0v) is 10.7. The molecule has 0 spiro atoms. The van der Waals surface area contributed by atoms with Gasteiger partial charge in [0, 0.05) is 25.0 Å². The summed E-state index contributed by atoms with van der Waals surface area (Å²) in [5.41, 5.74) is 7.23. The molecule has 0 aromatic carbocycles. The maximum absolute atomic E-state index is 5.89. The monoisotopic (exact) mass is 233 g/mol. The standard InChI is InChI=1S/C14H23N3/c1-17(11-12-6-8-16-9-7-12)14-5-3-2-4-13(14)10-15/h6-9,13-14H,2-5,10-11,15H2,1H3. The summed E-state index contributed by atoms with van der Waals surface area (Å²) in [4.78, 5) is 6.52. The van der Waals surface area contributed by atoms with Gasteiger partial charge in [0.2, 0.25) is 0 Å². The lowest BCUT2D eigenvalue weighted by atomic mass is 9.83. The van der Waals surface area contributed by atoms with Gasteiger partial charge in [0.05, 0.1) is 0 Å². The lowest BCUT2D eigenvalue weighted by molar-refractivity contribution is 0.127. The Labute approximate surface area is 104 Å². The van der Waals surface area contributed by atoms with Gasteiger partial charge in [-0.1, -0.05) is 12.8 Å². The first-order chi connectivity index (χ1) is 8.31. The summed E-state index contributed by atoms with van der Waals surface area (Å²) in [6, 6.07) is 4.84. The Morgan fingerprint density at radius 2 is 2.00 bits per heavy atom. The highest BCUT2D eigenvalue weighted by molar-refractivity contribution is 5.09. The van der Waals surface area contributed by atoms with Gasteiger partial charge in [-0.2, -0.15) is 0 Å². The van der Waals surface area contributed by atoms with Crippen LogP contribution in [0.25, 0.3) is 0 Å². The van der Waals surface area contributed by atoms with Crippen molar-refractivity contribution >= 4 is 0 Å². The minimum Gasteiger partial charge on any atom is -0.330 e. The van der Waals surface area contributed by atoms with E-state index in [1.165, 1.54) is 31.2 Å². The molecule has 2 unspecified atom stereocenters. The average molecular weight is 233 g/mol. The first kappa shape index (κ1) is 12.5. The maximum atomic E-state index is 5.89. The third-order valence-corrected chi connectivity index (χ3v) is 3.92. The molecule has 2 rings (SSSR count). The van der Waals surface area contributed by atoms with E-state index in [2.05, 4.69) is 29.1 Å². The van der Waals surface area contributed by atoms with Gasteiger partial charge in [-0.15, -0.1) is 0 Å². The Hall–Kier alpha value is -0.930. The molecule has 1 fully saturated rings. The normalized spacial score (nSPS) is 25.1. The van der Waals surface area contributed by atoms with Gasteiger partial charge >= 0.3 is 0 Å². The van der Waals surface area contributed by atoms with Gasteiger partial charge in [-0.25, -0.2) is 0 Å². The minimum absolute atomic E-state index is 0.655. The van der Waals surface area contributed by atoms with Crippen LogP contribution in [0.1, 0.15) is 31.2 Å². The Balaban J connectivity index is 1.96. The molecule has 0 aliphatic heterocycles. The number of pyridine rings is 1. The third kappa shape index (κ3) is 3.27. The van der Waals surface area contributed by atoms with Crippen LogP contribution in [0.2, 0.25) is 0 Å². The topological polar surface area (TPSA) is 42.2 Å². The molecule has 3 heteroatoms. The van der Waals surface area contributed by atoms with Crippen molar-refractivity contribution in [2.75, 3.05) is 13.6 Å². The molecule has 3 nitrogen and oxygen atoms in total. The lowest BCUT2D eigenvalue weighted by Gasteiger charge is -2.37. The van der Waals surface area contributed by atoms with Crippen molar-refractivity contribution in [3.63, 3.8) is 0 Å². The van der Waals surface area contributed by atoms with E-state index < -0.39 is 0 Å². The van der Waals surface area contributed by atoms with Crippen LogP contribution >= 0.6 is 0 Å². The second-order valence-corrected chi connectivity index (χ2v) is 5.12. The highest BCUT2D eigenvalue weighted by Gasteiger charge is 2.26. The molecule has 1 aliphatic rings. The van der Waals surface area contributed by atoms with Crippen LogP contribution in [0.3, 0.4) is 0 Å². The van der Waals surface area contributed by atoms with Crippen LogP contribution in [0.5, 0.6) is 0 Å². The van der Waals surface area contributed by atoms with E-state index in [0.29, 0.717) is 12.0 Å². The summed E-state index contributed by atoms with van der Waals surface area (Å²) in [5, 5.41) is 0. The Morgan fingerprint density at radius 1 is 1.29 bits per heavy atom. The largest absolute Gasteiger partial charge is 0.330 e. The van der Waals surface area contributed by atoms with Crippen LogP contribution in [0, 0.1) is 5.92 Å². The zero-order valence-electron chi connectivity index (χ0n) is 10.7. The van der Waals surface area contributed by atoms with E-state index >= 15 is 0 Å². The van der Waals surface area contributed by atoms with Crippen molar-refractivity contribution in [2.45, 2.75) is 38.3 Å². The van der Waals surface area contributed by atoms with Gasteiger partial charge in [0.15, 0.2) is 0 Å². The molecular formula is C14H23N3. The number of nitrogens with zero attached hydrogens (tertiary/aromatic N) is 2. The van der Waals surface area contributed by atoms with Gasteiger partial charge in [-0.3, -0.25) is 9.88 Å².